The maximum atomic E-state index is 5.88. The van der Waals surface area contributed by atoms with E-state index in [1.54, 1.807) is 7.11 Å². The van der Waals surface area contributed by atoms with E-state index in [-0.39, 0.29) is 12.1 Å². The summed E-state index contributed by atoms with van der Waals surface area (Å²) in [4.78, 5) is 0. The van der Waals surface area contributed by atoms with Crippen LogP contribution in [0.3, 0.4) is 0 Å². The van der Waals surface area contributed by atoms with Gasteiger partial charge in [0, 0.05) is 12.1 Å². The first kappa shape index (κ1) is 11.5. The van der Waals surface area contributed by atoms with Crippen LogP contribution in [0.4, 0.5) is 0 Å². The molecule has 3 N–H and O–H groups in total. The van der Waals surface area contributed by atoms with E-state index in [0.29, 0.717) is 5.02 Å². The highest BCUT2D eigenvalue weighted by atomic mass is 35.5. The molecule has 0 aromatic heterocycles. The number of methoxy groups -OCH3 is 1. The highest BCUT2D eigenvalue weighted by molar-refractivity contribution is 6.30. The summed E-state index contributed by atoms with van der Waals surface area (Å²) in [6.45, 7) is 1.95. The molecule has 1 aromatic rings. The Labute approximate surface area is 89.2 Å². The Hall–Kier alpha value is -0.610. The van der Waals surface area contributed by atoms with Crippen molar-refractivity contribution in [3.63, 3.8) is 0 Å². The van der Waals surface area contributed by atoms with Crippen molar-refractivity contribution in [2.24, 2.45) is 5.84 Å². The molecule has 14 heavy (non-hydrogen) atoms. The maximum Gasteiger partial charge on any atom is 0.0750 e. The number of nitrogens with one attached hydrogen (secondary N) is 1. The van der Waals surface area contributed by atoms with Gasteiger partial charge < -0.3 is 4.74 Å². The number of ether oxygens (including phenoxy) is 1. The fourth-order valence-electron chi connectivity index (χ4n) is 1.34. The van der Waals surface area contributed by atoms with Gasteiger partial charge in [-0.15, -0.1) is 0 Å². The van der Waals surface area contributed by atoms with E-state index in [1.807, 2.05) is 31.2 Å². The molecular weight excluding hydrogens is 200 g/mol. The Morgan fingerprint density at radius 1 is 1.50 bits per heavy atom. The second kappa shape index (κ2) is 5.32. The van der Waals surface area contributed by atoms with Gasteiger partial charge in [-0.05, 0) is 24.6 Å². The molecular formula is C10H15ClN2O. The Bertz CT molecular complexity index is 293. The average Bonchev–Trinajstić information content (AvgIpc) is 2.19. The van der Waals surface area contributed by atoms with E-state index in [4.69, 9.17) is 22.2 Å². The van der Waals surface area contributed by atoms with Gasteiger partial charge in [0.25, 0.3) is 0 Å². The Balaban J connectivity index is 2.89. The lowest BCUT2D eigenvalue weighted by molar-refractivity contribution is 0.0831. The number of hydrogen-bond acceptors (Lipinski definition) is 3. The monoisotopic (exact) mass is 214 g/mol. The van der Waals surface area contributed by atoms with Crippen LogP contribution in [0.15, 0.2) is 24.3 Å². The van der Waals surface area contributed by atoms with Gasteiger partial charge in [-0.25, -0.2) is 0 Å². The van der Waals surface area contributed by atoms with Crippen LogP contribution in [0, 0.1) is 0 Å². The average molecular weight is 215 g/mol. The van der Waals surface area contributed by atoms with Crippen LogP contribution < -0.4 is 11.3 Å². The number of hydrogen-bond donors (Lipinski definition) is 2. The van der Waals surface area contributed by atoms with Gasteiger partial charge in [-0.3, -0.25) is 11.3 Å². The summed E-state index contributed by atoms with van der Waals surface area (Å²) in [5.41, 5.74) is 3.74. The molecule has 4 heteroatoms. The molecule has 0 fully saturated rings. The van der Waals surface area contributed by atoms with Crippen LogP contribution in [-0.4, -0.2) is 13.2 Å². The summed E-state index contributed by atoms with van der Waals surface area (Å²) in [7, 11) is 1.65. The van der Waals surface area contributed by atoms with Crippen molar-refractivity contribution in [2.45, 2.75) is 19.1 Å². The molecule has 0 heterocycles. The van der Waals surface area contributed by atoms with Gasteiger partial charge in [-0.2, -0.15) is 0 Å². The summed E-state index contributed by atoms with van der Waals surface area (Å²) in [5.74, 6) is 5.46. The third-order valence-corrected chi connectivity index (χ3v) is 2.46. The van der Waals surface area contributed by atoms with E-state index < -0.39 is 0 Å². The van der Waals surface area contributed by atoms with Gasteiger partial charge in [0.05, 0.1) is 12.1 Å². The molecule has 3 nitrogen and oxygen atoms in total. The highest BCUT2D eigenvalue weighted by Gasteiger charge is 2.17. The second-order valence-electron chi connectivity index (χ2n) is 3.14. The molecule has 1 aromatic carbocycles. The molecule has 0 bridgehead atoms. The number of hydrazine groups is 1. The minimum absolute atomic E-state index is 0.00142. The van der Waals surface area contributed by atoms with Gasteiger partial charge in [0.1, 0.15) is 0 Å². The fourth-order valence-corrected chi connectivity index (χ4v) is 1.54. The predicted octanol–water partition coefficient (Wildman–Crippen LogP) is 1.88. The van der Waals surface area contributed by atoms with Gasteiger partial charge in [0.2, 0.25) is 0 Å². The minimum atomic E-state index is -0.0429. The van der Waals surface area contributed by atoms with E-state index >= 15 is 0 Å². The Morgan fingerprint density at radius 2 is 2.21 bits per heavy atom. The molecule has 0 spiro atoms. The smallest absolute Gasteiger partial charge is 0.0750 e. The van der Waals surface area contributed by atoms with Crippen molar-refractivity contribution < 1.29 is 4.74 Å². The Kier molecular flexibility index (Phi) is 4.35. The lowest BCUT2D eigenvalue weighted by Crippen LogP contribution is -2.36. The maximum absolute atomic E-state index is 5.88. The zero-order valence-corrected chi connectivity index (χ0v) is 9.08. The minimum Gasteiger partial charge on any atom is -0.380 e. The first-order valence-corrected chi connectivity index (χ1v) is 4.81. The number of rotatable bonds is 4. The number of benzene rings is 1. The summed E-state index contributed by atoms with van der Waals surface area (Å²) in [5, 5.41) is 0.700. The summed E-state index contributed by atoms with van der Waals surface area (Å²) in [6, 6.07) is 7.52. The van der Waals surface area contributed by atoms with Gasteiger partial charge in [0.15, 0.2) is 0 Å². The van der Waals surface area contributed by atoms with Crippen molar-refractivity contribution in [3.05, 3.63) is 34.9 Å². The fraction of sp³-hybridized carbons (Fsp3) is 0.400. The summed E-state index contributed by atoms with van der Waals surface area (Å²) >= 11 is 5.88. The lowest BCUT2D eigenvalue weighted by atomic mass is 10.0. The van der Waals surface area contributed by atoms with E-state index in [0.717, 1.165) is 5.56 Å². The van der Waals surface area contributed by atoms with Crippen LogP contribution in [0.2, 0.25) is 5.02 Å². The Morgan fingerprint density at radius 3 is 2.71 bits per heavy atom. The van der Waals surface area contributed by atoms with Crippen molar-refractivity contribution in [1.29, 1.82) is 0 Å². The first-order valence-electron chi connectivity index (χ1n) is 4.43. The largest absolute Gasteiger partial charge is 0.380 e. The van der Waals surface area contributed by atoms with Crippen molar-refractivity contribution in [2.75, 3.05) is 7.11 Å². The quantitative estimate of drug-likeness (QED) is 0.594. The van der Waals surface area contributed by atoms with Crippen LogP contribution >= 0.6 is 11.6 Å². The van der Waals surface area contributed by atoms with Gasteiger partial charge in [-0.1, -0.05) is 23.7 Å². The van der Waals surface area contributed by atoms with E-state index in [9.17, 15) is 0 Å². The molecule has 0 saturated carbocycles. The van der Waals surface area contributed by atoms with Crippen LogP contribution in [0.5, 0.6) is 0 Å². The van der Waals surface area contributed by atoms with Crippen LogP contribution in [-0.2, 0) is 4.74 Å². The molecule has 0 aliphatic heterocycles. The summed E-state index contributed by atoms with van der Waals surface area (Å²) in [6.07, 6.45) is -0.00142. The zero-order valence-electron chi connectivity index (χ0n) is 8.33. The lowest BCUT2D eigenvalue weighted by Gasteiger charge is -2.22. The topological polar surface area (TPSA) is 47.3 Å². The molecule has 1 rings (SSSR count). The predicted molar refractivity (Wildman–Crippen MR) is 58.0 cm³/mol. The van der Waals surface area contributed by atoms with Crippen molar-refractivity contribution >= 4 is 11.6 Å². The third kappa shape index (κ3) is 2.69. The van der Waals surface area contributed by atoms with E-state index in [2.05, 4.69) is 5.43 Å². The number of halogens is 1. The molecule has 0 aliphatic rings. The summed E-state index contributed by atoms with van der Waals surface area (Å²) < 4.78 is 5.21. The molecule has 0 amide bonds. The second-order valence-corrected chi connectivity index (χ2v) is 3.58. The first-order chi connectivity index (χ1) is 6.69. The van der Waals surface area contributed by atoms with Crippen molar-refractivity contribution in [1.82, 2.24) is 5.43 Å². The molecule has 0 saturated heterocycles. The van der Waals surface area contributed by atoms with Gasteiger partial charge >= 0.3 is 0 Å². The standard InChI is InChI=1S/C10H15ClN2O/c1-7(14-2)10(13-12)8-4-3-5-9(11)6-8/h3-7,10,13H,12H2,1-2H3. The van der Waals surface area contributed by atoms with E-state index in [1.165, 1.54) is 0 Å². The highest BCUT2D eigenvalue weighted by Crippen LogP contribution is 2.21. The molecule has 0 aliphatic carbocycles. The SMILES string of the molecule is COC(C)C(NN)c1cccc(Cl)c1. The molecule has 0 radical (unpaired) electrons. The van der Waals surface area contributed by atoms with Crippen LogP contribution in [0.1, 0.15) is 18.5 Å². The normalized spacial score (nSPS) is 15.1. The zero-order chi connectivity index (χ0) is 10.6. The van der Waals surface area contributed by atoms with Crippen LogP contribution in [0.25, 0.3) is 0 Å². The number of nitrogens with two attached hydrogens (primary N) is 1. The molecule has 2 unspecified atom stereocenters. The molecule has 2 atom stereocenters. The third-order valence-electron chi connectivity index (χ3n) is 2.23. The van der Waals surface area contributed by atoms with Crippen molar-refractivity contribution in [3.8, 4) is 0 Å². The molecule has 78 valence electrons.